The highest BCUT2D eigenvalue weighted by Gasteiger charge is 2.22. The molecule has 0 fully saturated rings. The zero-order valence-corrected chi connectivity index (χ0v) is 18.6. The van der Waals surface area contributed by atoms with Crippen molar-refractivity contribution in [2.75, 3.05) is 19.0 Å². The number of hydrogen-bond acceptors (Lipinski definition) is 5. The number of aliphatic carboxylic acids is 1. The number of amides is 1. The van der Waals surface area contributed by atoms with Crippen molar-refractivity contribution in [1.82, 2.24) is 10.3 Å². The molecule has 0 aliphatic heterocycles. The number of hydrogen-bond donors (Lipinski definition) is 3. The predicted molar refractivity (Wildman–Crippen MR) is 123 cm³/mol. The fourth-order valence-corrected chi connectivity index (χ4v) is 3.30. The van der Waals surface area contributed by atoms with Crippen LogP contribution in [0.4, 0.5) is 10.2 Å². The normalized spacial score (nSPS) is 11.5. The second kappa shape index (κ2) is 11.3. The van der Waals surface area contributed by atoms with Gasteiger partial charge in [-0.25, -0.2) is 14.2 Å². The topological polar surface area (TPSA) is 101 Å². The molecule has 0 spiro atoms. The molecule has 0 aliphatic carbocycles. The number of halogens is 2. The van der Waals surface area contributed by atoms with Crippen LogP contribution in [0.2, 0.25) is 5.02 Å². The van der Waals surface area contributed by atoms with Gasteiger partial charge in [0.25, 0.3) is 5.91 Å². The van der Waals surface area contributed by atoms with Gasteiger partial charge in [0.05, 0.1) is 17.2 Å². The van der Waals surface area contributed by atoms with E-state index in [0.29, 0.717) is 24.3 Å². The summed E-state index contributed by atoms with van der Waals surface area (Å²) in [6, 6.07) is 14.8. The first-order valence-electron chi connectivity index (χ1n) is 10.2. The molecule has 0 bridgehead atoms. The highest BCUT2D eigenvalue weighted by Crippen LogP contribution is 2.18. The van der Waals surface area contributed by atoms with Gasteiger partial charge in [-0.2, -0.15) is 0 Å². The first-order valence-corrected chi connectivity index (χ1v) is 10.6. The molecular weight excluding hydrogens is 449 g/mol. The molecular formula is C24H23ClFN3O4. The minimum absolute atomic E-state index is 0.0347. The Hall–Kier alpha value is -3.65. The Morgan fingerprint density at radius 3 is 2.61 bits per heavy atom. The molecule has 1 aromatic heterocycles. The van der Waals surface area contributed by atoms with Crippen molar-refractivity contribution in [3.8, 4) is 5.75 Å². The summed E-state index contributed by atoms with van der Waals surface area (Å²) in [5, 5.41) is 14.9. The smallest absolute Gasteiger partial charge is 0.326 e. The average molecular weight is 472 g/mol. The lowest BCUT2D eigenvalue weighted by Gasteiger charge is -2.16. The lowest BCUT2D eigenvalue weighted by Crippen LogP contribution is -2.42. The van der Waals surface area contributed by atoms with E-state index in [2.05, 4.69) is 15.6 Å². The maximum absolute atomic E-state index is 13.4. The number of rotatable bonds is 10. The molecule has 0 saturated carbocycles. The summed E-state index contributed by atoms with van der Waals surface area (Å²) in [6.45, 7) is 0.432. The summed E-state index contributed by atoms with van der Waals surface area (Å²) in [5.41, 5.74) is 1.46. The Kier molecular flexibility index (Phi) is 8.21. The van der Waals surface area contributed by atoms with Gasteiger partial charge in [-0.1, -0.05) is 29.8 Å². The van der Waals surface area contributed by atoms with Crippen molar-refractivity contribution in [1.29, 1.82) is 0 Å². The fourth-order valence-electron chi connectivity index (χ4n) is 3.10. The molecule has 3 aromatic rings. The van der Waals surface area contributed by atoms with Gasteiger partial charge in [0, 0.05) is 25.6 Å². The third-order valence-electron chi connectivity index (χ3n) is 4.83. The molecule has 3 rings (SSSR count). The molecule has 0 unspecified atom stereocenters. The molecule has 3 N–H and O–H groups in total. The standard InChI is InChI=1S/C24H23ClFN3O4/c1-27-22-4-2-3-17(28-22)11-12-33-18-8-5-15(6-9-18)13-21(24(31)32)29-23(30)19-14-16(26)7-10-20(19)25/h2-10,14,21H,11-13H2,1H3,(H,27,28)(H,29,30)(H,31,32)/t21-/m0/s1. The van der Waals surface area contributed by atoms with Crippen LogP contribution in [0.15, 0.2) is 60.7 Å². The summed E-state index contributed by atoms with van der Waals surface area (Å²) in [7, 11) is 1.81. The van der Waals surface area contributed by atoms with Gasteiger partial charge in [0.15, 0.2) is 0 Å². The minimum Gasteiger partial charge on any atom is -0.493 e. The van der Waals surface area contributed by atoms with Crippen molar-refractivity contribution >= 4 is 29.3 Å². The molecule has 33 heavy (non-hydrogen) atoms. The maximum Gasteiger partial charge on any atom is 0.326 e. The molecule has 7 nitrogen and oxygen atoms in total. The number of benzene rings is 2. The van der Waals surface area contributed by atoms with Crippen molar-refractivity contribution < 1.29 is 23.8 Å². The second-order valence-electron chi connectivity index (χ2n) is 7.20. The monoisotopic (exact) mass is 471 g/mol. The molecule has 2 aromatic carbocycles. The minimum atomic E-state index is -1.22. The molecule has 9 heteroatoms. The number of anilines is 1. The van der Waals surface area contributed by atoms with Gasteiger partial charge >= 0.3 is 5.97 Å². The molecule has 0 aliphatic rings. The summed E-state index contributed by atoms with van der Waals surface area (Å²) in [6.07, 6.45) is 0.669. The van der Waals surface area contributed by atoms with Crippen LogP contribution in [0.3, 0.4) is 0 Å². The fraction of sp³-hybridized carbons (Fsp3) is 0.208. The first kappa shape index (κ1) is 24.0. The van der Waals surface area contributed by atoms with Crippen LogP contribution in [0.5, 0.6) is 5.75 Å². The van der Waals surface area contributed by atoms with E-state index in [4.69, 9.17) is 16.3 Å². The maximum atomic E-state index is 13.4. The SMILES string of the molecule is CNc1cccc(CCOc2ccc(C[C@H](NC(=O)c3cc(F)ccc3Cl)C(=O)O)cc2)n1. The number of carbonyl (C=O) groups is 2. The van der Waals surface area contributed by atoms with Gasteiger partial charge in [-0.15, -0.1) is 0 Å². The number of pyridine rings is 1. The van der Waals surface area contributed by atoms with Crippen LogP contribution in [0.25, 0.3) is 0 Å². The van der Waals surface area contributed by atoms with E-state index >= 15 is 0 Å². The quantitative estimate of drug-likeness (QED) is 0.414. The zero-order chi connectivity index (χ0) is 23.8. The van der Waals surface area contributed by atoms with Crippen molar-refractivity contribution in [2.24, 2.45) is 0 Å². The Labute approximate surface area is 195 Å². The van der Waals surface area contributed by atoms with Crippen molar-refractivity contribution in [3.05, 3.63) is 88.3 Å². The highest BCUT2D eigenvalue weighted by atomic mass is 35.5. The number of ether oxygens (including phenoxy) is 1. The summed E-state index contributed by atoms with van der Waals surface area (Å²) in [5.74, 6) is -1.20. The van der Waals surface area contributed by atoms with Gasteiger partial charge in [0.2, 0.25) is 0 Å². The highest BCUT2D eigenvalue weighted by molar-refractivity contribution is 6.33. The Morgan fingerprint density at radius 1 is 1.15 bits per heavy atom. The first-order chi connectivity index (χ1) is 15.9. The van der Waals surface area contributed by atoms with E-state index in [1.165, 1.54) is 6.07 Å². The Balaban J connectivity index is 1.56. The van der Waals surface area contributed by atoms with Crippen LogP contribution < -0.4 is 15.4 Å². The van der Waals surface area contributed by atoms with Crippen LogP contribution in [0.1, 0.15) is 21.6 Å². The van der Waals surface area contributed by atoms with Gasteiger partial charge in [-0.3, -0.25) is 4.79 Å². The van der Waals surface area contributed by atoms with E-state index in [-0.39, 0.29) is 17.0 Å². The third kappa shape index (κ3) is 6.92. The number of carboxylic acids is 1. The Bertz CT molecular complexity index is 1120. The van der Waals surface area contributed by atoms with Crippen LogP contribution in [-0.4, -0.2) is 41.7 Å². The summed E-state index contributed by atoms with van der Waals surface area (Å²) >= 11 is 5.93. The molecule has 172 valence electrons. The average Bonchev–Trinajstić information content (AvgIpc) is 2.81. The van der Waals surface area contributed by atoms with Crippen LogP contribution >= 0.6 is 11.6 Å². The van der Waals surface area contributed by atoms with E-state index in [9.17, 15) is 19.1 Å². The lowest BCUT2D eigenvalue weighted by atomic mass is 10.1. The number of nitrogens with zero attached hydrogens (tertiary/aromatic N) is 1. The van der Waals surface area contributed by atoms with E-state index < -0.39 is 23.7 Å². The summed E-state index contributed by atoms with van der Waals surface area (Å²) in [4.78, 5) is 28.5. The third-order valence-corrected chi connectivity index (χ3v) is 5.16. The van der Waals surface area contributed by atoms with Gasteiger partial charge in [-0.05, 0) is 48.0 Å². The molecule has 1 heterocycles. The van der Waals surface area contributed by atoms with E-state index in [0.717, 1.165) is 23.6 Å². The van der Waals surface area contributed by atoms with Gasteiger partial charge < -0.3 is 20.5 Å². The molecule has 1 atom stereocenters. The van der Waals surface area contributed by atoms with E-state index in [1.807, 2.05) is 18.2 Å². The van der Waals surface area contributed by atoms with Crippen molar-refractivity contribution in [2.45, 2.75) is 18.9 Å². The number of aromatic nitrogens is 1. The van der Waals surface area contributed by atoms with Crippen molar-refractivity contribution in [3.63, 3.8) is 0 Å². The number of carbonyl (C=O) groups excluding carboxylic acids is 1. The van der Waals surface area contributed by atoms with E-state index in [1.54, 1.807) is 31.3 Å². The Morgan fingerprint density at radius 2 is 1.91 bits per heavy atom. The zero-order valence-electron chi connectivity index (χ0n) is 17.8. The van der Waals surface area contributed by atoms with Gasteiger partial charge in [0.1, 0.15) is 23.4 Å². The summed E-state index contributed by atoms with van der Waals surface area (Å²) < 4.78 is 19.2. The van der Waals surface area contributed by atoms with Crippen LogP contribution in [0, 0.1) is 5.82 Å². The molecule has 0 saturated heterocycles. The number of carboxylic acid groups (broad SMARTS) is 1. The number of nitrogens with one attached hydrogen (secondary N) is 2. The second-order valence-corrected chi connectivity index (χ2v) is 7.61. The molecule has 1 amide bonds. The lowest BCUT2D eigenvalue weighted by molar-refractivity contribution is -0.139. The predicted octanol–water partition coefficient (Wildman–Crippen LogP) is 3.96. The van der Waals surface area contributed by atoms with Crippen LogP contribution in [-0.2, 0) is 17.6 Å². The largest absolute Gasteiger partial charge is 0.493 e. The molecule has 0 radical (unpaired) electrons.